The number of aromatic hydroxyl groups is 1. The van der Waals surface area contributed by atoms with Crippen LogP contribution in [0.1, 0.15) is 14.5 Å². The van der Waals surface area contributed by atoms with Gasteiger partial charge in [0, 0.05) is 17.0 Å². The Balaban J connectivity index is 2.30. The van der Waals surface area contributed by atoms with E-state index in [1.807, 2.05) is 0 Å². The van der Waals surface area contributed by atoms with Crippen LogP contribution in [0.25, 0.3) is 12.2 Å². The number of nitrogens with two attached hydrogens (primary N) is 1. The number of hydrogen-bond donors (Lipinski definition) is 2. The van der Waals surface area contributed by atoms with Crippen molar-refractivity contribution in [2.45, 2.75) is 4.90 Å². The van der Waals surface area contributed by atoms with E-state index in [1.54, 1.807) is 30.3 Å². The molecule has 0 saturated carbocycles. The summed E-state index contributed by atoms with van der Waals surface area (Å²) in [6, 6.07) is 9.57. The van der Waals surface area contributed by atoms with Crippen molar-refractivity contribution in [2.75, 3.05) is 7.11 Å². The Bertz CT molecular complexity index is 1360. The zero-order valence-corrected chi connectivity index (χ0v) is 18.9. The Morgan fingerprint density at radius 2 is 1.93 bits per heavy atom. The van der Waals surface area contributed by atoms with E-state index in [2.05, 4.69) is 22.5 Å². The van der Waals surface area contributed by atoms with Gasteiger partial charge in [-0.05, 0) is 46.4 Å². The summed E-state index contributed by atoms with van der Waals surface area (Å²) in [6.45, 7) is 3.93. The van der Waals surface area contributed by atoms with Crippen LogP contribution in [0.3, 0.4) is 0 Å². The normalized spacial score (nSPS) is 12.9. The molecule has 0 amide bonds. The predicted molar refractivity (Wildman–Crippen MR) is 119 cm³/mol. The topological polar surface area (TPSA) is 112 Å². The molecule has 0 fully saturated rings. The zero-order chi connectivity index (χ0) is 22.1. The maximum atomic E-state index is 13.0. The molecule has 0 aliphatic carbocycles. The number of ether oxygens (including phenoxy) is 1. The number of aromatic nitrogens is 1. The molecule has 0 atom stereocenters. The number of rotatable bonds is 5. The molecule has 1 aromatic carbocycles. The van der Waals surface area contributed by atoms with Gasteiger partial charge in [0.2, 0.25) is 0 Å². The summed E-state index contributed by atoms with van der Waals surface area (Å²) < 4.78 is 32.0. The Labute approximate surface area is 185 Å². The van der Waals surface area contributed by atoms with E-state index in [0.717, 1.165) is 15.3 Å². The molecule has 30 heavy (non-hydrogen) atoms. The van der Waals surface area contributed by atoms with E-state index in [0.29, 0.717) is 15.7 Å². The molecule has 2 aromatic heterocycles. The molecule has 7 nitrogen and oxygen atoms in total. The molecule has 0 aliphatic heterocycles. The molecule has 3 N–H and O–H groups in total. The fourth-order valence-corrected chi connectivity index (χ4v) is 5.98. The first-order chi connectivity index (χ1) is 14.2. The molecule has 2 heterocycles. The molecular formula is C20H17BrN2O5S2. The average Bonchev–Trinajstić information content (AvgIpc) is 3.27. The largest absolute Gasteiger partial charge is 0.505 e. The van der Waals surface area contributed by atoms with Gasteiger partial charge in [0.05, 0.1) is 26.7 Å². The van der Waals surface area contributed by atoms with Crippen LogP contribution in [-0.4, -0.2) is 30.6 Å². The standard InChI is InChI=1S/C20H17BrN2O5S2/c1-12-14(9-11-23(12)30(26,27)13-6-4-3-5-7-13)15(8-10-22)18-16(21)17(24)19(29-18)20(25)28-2/h3-11,24H,1,22H2,2H3/b10-8-,15-14+. The fourth-order valence-electron chi connectivity index (χ4n) is 2.81. The number of carbonyl (C=O) groups excluding carboxylic acids is 1. The van der Waals surface area contributed by atoms with E-state index >= 15 is 0 Å². The highest BCUT2D eigenvalue weighted by Crippen LogP contribution is 2.42. The number of nitrogens with zero attached hydrogens (tertiary/aromatic N) is 1. The Hall–Kier alpha value is -2.82. The van der Waals surface area contributed by atoms with Crippen LogP contribution >= 0.6 is 27.3 Å². The van der Waals surface area contributed by atoms with Gasteiger partial charge in [-0.25, -0.2) is 17.2 Å². The van der Waals surface area contributed by atoms with Crippen molar-refractivity contribution < 1.29 is 23.1 Å². The van der Waals surface area contributed by atoms with Gasteiger partial charge in [0.25, 0.3) is 10.0 Å². The van der Waals surface area contributed by atoms with Gasteiger partial charge in [0.1, 0.15) is 0 Å². The lowest BCUT2D eigenvalue weighted by Crippen LogP contribution is -2.33. The summed E-state index contributed by atoms with van der Waals surface area (Å²) in [5, 5.41) is 11.0. The summed E-state index contributed by atoms with van der Waals surface area (Å²) in [5.41, 5.74) is 6.09. The van der Waals surface area contributed by atoms with Crippen LogP contribution in [-0.2, 0) is 14.8 Å². The van der Waals surface area contributed by atoms with Gasteiger partial charge >= 0.3 is 5.97 Å². The fraction of sp³-hybridized carbons (Fsp3) is 0.0500. The second-order valence-electron chi connectivity index (χ2n) is 5.98. The number of esters is 1. The molecule has 3 aromatic rings. The monoisotopic (exact) mass is 508 g/mol. The number of carbonyl (C=O) groups is 1. The molecule has 10 heteroatoms. The summed E-state index contributed by atoms with van der Waals surface area (Å²) >= 11 is 4.27. The number of hydrogen-bond acceptors (Lipinski definition) is 7. The number of halogens is 1. The summed E-state index contributed by atoms with van der Waals surface area (Å²) in [5.74, 6) is -0.966. The molecule has 0 aliphatic rings. The highest BCUT2D eigenvalue weighted by Gasteiger charge is 2.24. The van der Waals surface area contributed by atoms with Crippen molar-refractivity contribution in [1.82, 2.24) is 3.97 Å². The van der Waals surface area contributed by atoms with Crippen LogP contribution in [0.4, 0.5) is 0 Å². The third kappa shape index (κ3) is 3.69. The Kier molecular flexibility index (Phi) is 6.20. The van der Waals surface area contributed by atoms with E-state index in [-0.39, 0.29) is 25.3 Å². The Morgan fingerprint density at radius 1 is 1.27 bits per heavy atom. The van der Waals surface area contributed by atoms with Gasteiger partial charge in [-0.15, -0.1) is 11.3 Å². The first-order valence-electron chi connectivity index (χ1n) is 8.43. The number of benzene rings is 1. The van der Waals surface area contributed by atoms with Crippen molar-refractivity contribution in [3.05, 3.63) is 79.7 Å². The third-order valence-corrected chi connectivity index (χ3v) is 8.20. The summed E-state index contributed by atoms with van der Waals surface area (Å²) in [7, 11) is -2.65. The van der Waals surface area contributed by atoms with Crippen LogP contribution in [0.5, 0.6) is 5.75 Å². The van der Waals surface area contributed by atoms with Crippen LogP contribution < -0.4 is 16.3 Å². The molecule has 3 rings (SSSR count). The second kappa shape index (κ2) is 8.50. The minimum atomic E-state index is -3.86. The van der Waals surface area contributed by atoms with Crippen molar-refractivity contribution >= 4 is 55.4 Å². The number of allylic oxidation sites excluding steroid dienone is 1. The quantitative estimate of drug-likeness (QED) is 0.510. The maximum Gasteiger partial charge on any atom is 0.351 e. The van der Waals surface area contributed by atoms with E-state index in [1.165, 1.54) is 31.6 Å². The zero-order valence-electron chi connectivity index (χ0n) is 15.7. The third-order valence-electron chi connectivity index (χ3n) is 4.25. The van der Waals surface area contributed by atoms with Crippen molar-refractivity contribution in [3.8, 4) is 5.75 Å². The predicted octanol–water partition coefficient (Wildman–Crippen LogP) is 2.12. The molecule has 156 valence electrons. The van der Waals surface area contributed by atoms with E-state index in [9.17, 15) is 18.3 Å². The van der Waals surface area contributed by atoms with Gasteiger partial charge in [-0.1, -0.05) is 24.8 Å². The second-order valence-corrected chi connectivity index (χ2v) is 9.61. The summed E-state index contributed by atoms with van der Waals surface area (Å²) in [6.07, 6.45) is 4.21. The molecule has 0 spiro atoms. The van der Waals surface area contributed by atoms with E-state index < -0.39 is 16.0 Å². The average molecular weight is 509 g/mol. The molecular weight excluding hydrogens is 492 g/mol. The van der Waals surface area contributed by atoms with Gasteiger partial charge in [0.15, 0.2) is 10.6 Å². The van der Waals surface area contributed by atoms with Crippen molar-refractivity contribution in [2.24, 2.45) is 5.73 Å². The first-order valence-corrected chi connectivity index (χ1v) is 11.5. The van der Waals surface area contributed by atoms with Crippen molar-refractivity contribution in [3.63, 3.8) is 0 Å². The van der Waals surface area contributed by atoms with Gasteiger partial charge in [-0.3, -0.25) is 0 Å². The minimum absolute atomic E-state index is 0.00393. The van der Waals surface area contributed by atoms with Gasteiger partial charge < -0.3 is 15.6 Å². The molecule has 0 radical (unpaired) electrons. The van der Waals surface area contributed by atoms with Crippen LogP contribution in [0, 0.1) is 0 Å². The van der Waals surface area contributed by atoms with Crippen molar-refractivity contribution in [1.29, 1.82) is 0 Å². The summed E-state index contributed by atoms with van der Waals surface area (Å²) in [4.78, 5) is 12.5. The van der Waals surface area contributed by atoms with Crippen LogP contribution in [0.15, 0.2) is 64.2 Å². The number of methoxy groups -OCH3 is 1. The SMILES string of the molecule is C=c1/c(=C(\C=C/N)c2sc(C(=O)OC)c(O)c2Br)ccn1S(=O)(=O)c1ccccc1. The van der Waals surface area contributed by atoms with E-state index in [4.69, 9.17) is 10.5 Å². The Morgan fingerprint density at radius 3 is 2.53 bits per heavy atom. The smallest absolute Gasteiger partial charge is 0.351 e. The maximum absolute atomic E-state index is 13.0. The number of thiophene rings is 1. The lowest BCUT2D eigenvalue weighted by Gasteiger charge is -2.06. The molecule has 0 saturated heterocycles. The van der Waals surface area contributed by atoms with Crippen LogP contribution in [0.2, 0.25) is 0 Å². The lowest BCUT2D eigenvalue weighted by atomic mass is 10.1. The highest BCUT2D eigenvalue weighted by atomic mass is 79.9. The minimum Gasteiger partial charge on any atom is -0.505 e. The lowest BCUT2D eigenvalue weighted by molar-refractivity contribution is 0.0603. The molecule has 0 unspecified atom stereocenters. The highest BCUT2D eigenvalue weighted by molar-refractivity contribution is 9.10. The first kappa shape index (κ1) is 21.9. The molecule has 0 bridgehead atoms. The van der Waals surface area contributed by atoms with Gasteiger partial charge in [-0.2, -0.15) is 0 Å².